The van der Waals surface area contributed by atoms with Gasteiger partial charge in [0.25, 0.3) is 11.5 Å². The SMILES string of the molecule is CCOC(=O)C1CCCN(c2nc3c(C)cccn3c(=O)c2/C=C(\C#N)C(=O)NCc2ccccc2)C1. The van der Waals surface area contributed by atoms with E-state index >= 15 is 0 Å². The number of hydrogen-bond donors (Lipinski definition) is 1. The van der Waals surface area contributed by atoms with Crippen molar-refractivity contribution in [2.75, 3.05) is 24.6 Å². The number of benzene rings is 1. The van der Waals surface area contributed by atoms with Gasteiger partial charge < -0.3 is 15.0 Å². The van der Waals surface area contributed by atoms with Crippen LogP contribution in [0.5, 0.6) is 0 Å². The number of ether oxygens (including phenoxy) is 1. The first-order chi connectivity index (χ1) is 17.9. The van der Waals surface area contributed by atoms with Crippen molar-refractivity contribution in [3.05, 3.63) is 81.3 Å². The van der Waals surface area contributed by atoms with E-state index in [1.807, 2.05) is 54.3 Å². The molecule has 1 amide bonds. The first-order valence-corrected chi connectivity index (χ1v) is 12.3. The topological polar surface area (TPSA) is 117 Å². The molecule has 0 saturated carbocycles. The minimum Gasteiger partial charge on any atom is -0.466 e. The summed E-state index contributed by atoms with van der Waals surface area (Å²) in [6.45, 7) is 5.07. The van der Waals surface area contributed by atoms with E-state index in [4.69, 9.17) is 9.72 Å². The number of nitrogens with one attached hydrogen (secondary N) is 1. The molecule has 4 rings (SSSR count). The molecule has 1 saturated heterocycles. The minimum absolute atomic E-state index is 0.124. The molecular weight excluding hydrogens is 470 g/mol. The Balaban J connectivity index is 1.75. The molecule has 0 radical (unpaired) electrons. The minimum atomic E-state index is -0.589. The summed E-state index contributed by atoms with van der Waals surface area (Å²) in [5, 5.41) is 12.5. The average Bonchev–Trinajstić information content (AvgIpc) is 2.92. The van der Waals surface area contributed by atoms with Gasteiger partial charge in [-0.15, -0.1) is 0 Å². The highest BCUT2D eigenvalue weighted by Gasteiger charge is 2.30. The molecule has 1 N–H and O–H groups in total. The van der Waals surface area contributed by atoms with Crippen LogP contribution in [0.3, 0.4) is 0 Å². The van der Waals surface area contributed by atoms with Crippen LogP contribution in [0.25, 0.3) is 11.7 Å². The lowest BCUT2D eigenvalue weighted by atomic mass is 9.97. The Morgan fingerprint density at radius 3 is 2.76 bits per heavy atom. The number of aromatic nitrogens is 2. The zero-order valence-corrected chi connectivity index (χ0v) is 20.9. The number of hydrogen-bond acceptors (Lipinski definition) is 7. The summed E-state index contributed by atoms with van der Waals surface area (Å²) in [6, 6.07) is 14.9. The number of amides is 1. The van der Waals surface area contributed by atoms with Gasteiger partial charge in [0.05, 0.1) is 18.1 Å². The molecule has 9 nitrogen and oxygen atoms in total. The number of carbonyl (C=O) groups is 2. The van der Waals surface area contributed by atoms with Gasteiger partial charge in [0, 0.05) is 25.8 Å². The molecule has 1 fully saturated rings. The highest BCUT2D eigenvalue weighted by Crippen LogP contribution is 2.26. The maximum atomic E-state index is 13.6. The van der Waals surface area contributed by atoms with Gasteiger partial charge in [-0.1, -0.05) is 36.4 Å². The third-order valence-corrected chi connectivity index (χ3v) is 6.35. The number of carbonyl (C=O) groups excluding carboxylic acids is 2. The lowest BCUT2D eigenvalue weighted by molar-refractivity contribution is -0.148. The Bertz CT molecular complexity index is 1440. The zero-order chi connectivity index (χ0) is 26.4. The number of esters is 1. The Morgan fingerprint density at radius 2 is 2.03 bits per heavy atom. The van der Waals surface area contributed by atoms with Crippen LogP contribution in [0, 0.1) is 24.2 Å². The smallest absolute Gasteiger partial charge is 0.310 e. The molecule has 9 heteroatoms. The molecule has 1 atom stereocenters. The van der Waals surface area contributed by atoms with E-state index in [1.54, 1.807) is 19.2 Å². The Morgan fingerprint density at radius 1 is 1.24 bits per heavy atom. The van der Waals surface area contributed by atoms with E-state index in [1.165, 1.54) is 10.5 Å². The highest BCUT2D eigenvalue weighted by molar-refractivity contribution is 6.02. The van der Waals surface area contributed by atoms with Crippen LogP contribution in [-0.2, 0) is 20.9 Å². The van der Waals surface area contributed by atoms with Gasteiger partial charge in [-0.2, -0.15) is 5.26 Å². The van der Waals surface area contributed by atoms with Crippen molar-refractivity contribution in [1.82, 2.24) is 14.7 Å². The van der Waals surface area contributed by atoms with Crippen LogP contribution in [0.2, 0.25) is 0 Å². The summed E-state index contributed by atoms with van der Waals surface area (Å²) in [4.78, 5) is 45.6. The molecule has 2 aromatic heterocycles. The van der Waals surface area contributed by atoms with Crippen molar-refractivity contribution in [1.29, 1.82) is 5.26 Å². The fourth-order valence-corrected chi connectivity index (χ4v) is 4.46. The number of fused-ring (bicyclic) bond motifs is 1. The Labute approximate surface area is 215 Å². The monoisotopic (exact) mass is 499 g/mol. The molecule has 1 unspecified atom stereocenters. The fourth-order valence-electron chi connectivity index (χ4n) is 4.46. The quantitative estimate of drug-likeness (QED) is 0.302. The summed E-state index contributed by atoms with van der Waals surface area (Å²) >= 11 is 0. The molecule has 0 aliphatic carbocycles. The van der Waals surface area contributed by atoms with Crippen LogP contribution < -0.4 is 15.8 Å². The molecule has 1 aliphatic rings. The van der Waals surface area contributed by atoms with Crippen molar-refractivity contribution < 1.29 is 14.3 Å². The first kappa shape index (κ1) is 25.6. The molecular formula is C28H29N5O4. The molecule has 190 valence electrons. The first-order valence-electron chi connectivity index (χ1n) is 12.3. The van der Waals surface area contributed by atoms with Crippen LogP contribution >= 0.6 is 0 Å². The number of rotatable bonds is 7. The van der Waals surface area contributed by atoms with Crippen molar-refractivity contribution in [2.45, 2.75) is 33.2 Å². The summed E-state index contributed by atoms with van der Waals surface area (Å²) in [6.07, 6.45) is 4.30. The maximum absolute atomic E-state index is 13.6. The van der Waals surface area contributed by atoms with Crippen LogP contribution in [0.1, 0.15) is 36.5 Å². The average molecular weight is 500 g/mol. The normalized spacial score (nSPS) is 15.8. The van der Waals surface area contributed by atoms with E-state index in [0.717, 1.165) is 11.1 Å². The molecule has 1 aromatic carbocycles. The molecule has 0 bridgehead atoms. The van der Waals surface area contributed by atoms with E-state index in [9.17, 15) is 19.6 Å². The van der Waals surface area contributed by atoms with Gasteiger partial charge in [-0.05, 0) is 50.0 Å². The molecule has 0 spiro atoms. The number of nitrogens with zero attached hydrogens (tertiary/aromatic N) is 4. The van der Waals surface area contributed by atoms with Crippen molar-refractivity contribution in [2.24, 2.45) is 5.92 Å². The number of pyridine rings is 1. The second-order valence-electron chi connectivity index (χ2n) is 8.91. The second-order valence-corrected chi connectivity index (χ2v) is 8.91. The van der Waals surface area contributed by atoms with Gasteiger partial charge >= 0.3 is 5.97 Å². The van der Waals surface area contributed by atoms with Crippen molar-refractivity contribution in [3.8, 4) is 6.07 Å². The van der Waals surface area contributed by atoms with Crippen molar-refractivity contribution in [3.63, 3.8) is 0 Å². The Hall–Kier alpha value is -4.45. The standard InChI is InChI=1S/C28H29N5O4/c1-3-37-28(36)21-12-8-13-32(18-21)25-23(27(35)33-14-7-9-19(2)24(33)31-25)15-22(16-29)26(34)30-17-20-10-5-4-6-11-20/h4-7,9-11,14-15,21H,3,8,12-13,17-18H2,1-2H3,(H,30,34)/b22-15+. The van der Waals surface area contributed by atoms with E-state index < -0.39 is 11.5 Å². The predicted molar refractivity (Wildman–Crippen MR) is 140 cm³/mol. The molecule has 1 aliphatic heterocycles. The fraction of sp³-hybridized carbons (Fsp3) is 0.321. The van der Waals surface area contributed by atoms with E-state index in [0.29, 0.717) is 44.0 Å². The molecule has 37 heavy (non-hydrogen) atoms. The number of aryl methyl sites for hydroxylation is 1. The predicted octanol–water partition coefficient (Wildman–Crippen LogP) is 3.01. The number of nitriles is 1. The highest BCUT2D eigenvalue weighted by atomic mass is 16.5. The van der Waals surface area contributed by atoms with Crippen LogP contribution in [0.15, 0.2) is 59.0 Å². The number of anilines is 1. The Kier molecular flexibility index (Phi) is 7.98. The third-order valence-electron chi connectivity index (χ3n) is 6.35. The maximum Gasteiger partial charge on any atom is 0.310 e. The molecule has 3 aromatic rings. The van der Waals surface area contributed by atoms with Gasteiger partial charge in [0.2, 0.25) is 0 Å². The van der Waals surface area contributed by atoms with Crippen LogP contribution in [0.4, 0.5) is 5.82 Å². The number of piperidine rings is 1. The van der Waals surface area contributed by atoms with Gasteiger partial charge in [0.15, 0.2) is 0 Å². The lowest BCUT2D eigenvalue weighted by Gasteiger charge is -2.33. The van der Waals surface area contributed by atoms with E-state index in [-0.39, 0.29) is 29.6 Å². The van der Waals surface area contributed by atoms with Gasteiger partial charge in [-0.3, -0.25) is 18.8 Å². The zero-order valence-electron chi connectivity index (χ0n) is 20.9. The molecule has 3 heterocycles. The van der Waals surface area contributed by atoms with Crippen molar-refractivity contribution >= 4 is 29.4 Å². The van der Waals surface area contributed by atoms with E-state index in [2.05, 4.69) is 5.32 Å². The summed E-state index contributed by atoms with van der Waals surface area (Å²) in [7, 11) is 0. The summed E-state index contributed by atoms with van der Waals surface area (Å²) in [5.41, 5.74) is 1.68. The third kappa shape index (κ3) is 5.70. The van der Waals surface area contributed by atoms with Gasteiger partial charge in [-0.25, -0.2) is 4.98 Å². The lowest BCUT2D eigenvalue weighted by Crippen LogP contribution is -2.41. The summed E-state index contributed by atoms with van der Waals surface area (Å²) in [5.74, 6) is -0.880. The second kappa shape index (κ2) is 11.5. The summed E-state index contributed by atoms with van der Waals surface area (Å²) < 4.78 is 6.64. The largest absolute Gasteiger partial charge is 0.466 e. The van der Waals surface area contributed by atoms with Crippen LogP contribution in [-0.4, -0.2) is 41.0 Å². The van der Waals surface area contributed by atoms with Gasteiger partial charge in [0.1, 0.15) is 23.1 Å².